The molecule has 1 rings (SSSR count). The zero-order valence-electron chi connectivity index (χ0n) is 8.11. The summed E-state index contributed by atoms with van der Waals surface area (Å²) in [5, 5.41) is 12.4. The molecule has 15 heavy (non-hydrogen) atoms. The number of carboxylic acid groups (broad SMARTS) is 1. The van der Waals surface area contributed by atoms with E-state index in [1.54, 1.807) is 30.3 Å². The molecule has 0 fully saturated rings. The van der Waals surface area contributed by atoms with Crippen molar-refractivity contribution in [1.29, 1.82) is 0 Å². The molecule has 0 aliphatic heterocycles. The molecule has 0 radical (unpaired) electrons. The number of carbonyl (C=O) groups is 1. The summed E-state index contributed by atoms with van der Waals surface area (Å²) in [5.41, 5.74) is 0.675. The molecule has 1 atom stereocenters. The molecule has 0 spiro atoms. The zero-order valence-corrected chi connectivity index (χ0v) is 8.87. The van der Waals surface area contributed by atoms with Gasteiger partial charge < -0.3 is 5.11 Å². The molecule has 1 aromatic carbocycles. The van der Waals surface area contributed by atoms with Gasteiger partial charge in [-0.2, -0.15) is 0 Å². The number of hydrogen-bond acceptors (Lipinski definition) is 2. The first-order valence-corrected chi connectivity index (χ1v) is 4.85. The molecule has 2 N–H and O–H groups in total. The van der Waals surface area contributed by atoms with Gasteiger partial charge in [-0.25, -0.2) is 0 Å². The highest BCUT2D eigenvalue weighted by atomic mass is 35.5. The number of nitrogens with one attached hydrogen (secondary N) is 1. The van der Waals surface area contributed by atoms with Crippen molar-refractivity contribution in [2.24, 2.45) is 0 Å². The fourth-order valence-corrected chi connectivity index (χ4v) is 1.33. The van der Waals surface area contributed by atoms with Crippen LogP contribution in [0.3, 0.4) is 0 Å². The lowest BCUT2D eigenvalue weighted by molar-refractivity contribution is -0.139. The Labute approximate surface area is 93.4 Å². The molecule has 1 aromatic rings. The molecule has 80 valence electrons. The normalized spacial score (nSPS) is 12.1. The Morgan fingerprint density at radius 2 is 2.13 bits per heavy atom. The summed E-state index contributed by atoms with van der Waals surface area (Å²) in [7, 11) is 0. The second-order valence-electron chi connectivity index (χ2n) is 3.02. The van der Waals surface area contributed by atoms with Gasteiger partial charge in [-0.15, -0.1) is 6.58 Å². The number of halogens is 1. The molecule has 0 saturated heterocycles. The lowest BCUT2D eigenvalue weighted by atomic mass is 10.1. The van der Waals surface area contributed by atoms with Gasteiger partial charge in [0.15, 0.2) is 0 Å². The summed E-state index contributed by atoms with van der Waals surface area (Å²) in [4.78, 5) is 11.0. The van der Waals surface area contributed by atoms with Crippen molar-refractivity contribution in [2.75, 3.05) is 6.54 Å². The van der Waals surface area contributed by atoms with Crippen LogP contribution in [0.15, 0.2) is 36.9 Å². The van der Waals surface area contributed by atoms with E-state index in [1.165, 1.54) is 0 Å². The molecule has 0 heterocycles. The first-order valence-electron chi connectivity index (χ1n) is 4.47. The van der Waals surface area contributed by atoms with E-state index in [0.717, 1.165) is 0 Å². The van der Waals surface area contributed by atoms with Gasteiger partial charge in [0, 0.05) is 11.6 Å². The Balaban J connectivity index is 2.83. The molecule has 1 unspecified atom stereocenters. The summed E-state index contributed by atoms with van der Waals surface area (Å²) >= 11 is 5.72. The third-order valence-corrected chi connectivity index (χ3v) is 2.17. The average Bonchev–Trinajstić information content (AvgIpc) is 2.21. The highest BCUT2D eigenvalue weighted by molar-refractivity contribution is 6.30. The fourth-order valence-electron chi connectivity index (χ4n) is 1.20. The van der Waals surface area contributed by atoms with Gasteiger partial charge >= 0.3 is 5.97 Å². The largest absolute Gasteiger partial charge is 0.480 e. The Kier molecular flexibility index (Phi) is 4.34. The van der Waals surface area contributed by atoms with Crippen LogP contribution in [0, 0.1) is 0 Å². The van der Waals surface area contributed by atoms with Crippen LogP contribution in [0.25, 0.3) is 0 Å². The lowest BCUT2D eigenvalue weighted by Crippen LogP contribution is -2.28. The summed E-state index contributed by atoms with van der Waals surface area (Å²) < 4.78 is 0. The van der Waals surface area contributed by atoms with Crippen LogP contribution < -0.4 is 5.32 Å². The Hall–Kier alpha value is -1.32. The van der Waals surface area contributed by atoms with Crippen LogP contribution in [0.1, 0.15) is 11.6 Å². The first kappa shape index (κ1) is 11.8. The third-order valence-electron chi connectivity index (χ3n) is 1.92. The minimum absolute atomic E-state index is 0.444. The number of benzene rings is 1. The number of aliphatic carboxylic acids is 1. The maximum atomic E-state index is 11.0. The minimum atomic E-state index is -0.917. The van der Waals surface area contributed by atoms with E-state index in [-0.39, 0.29) is 0 Å². The van der Waals surface area contributed by atoms with Crippen LogP contribution in [0.2, 0.25) is 5.02 Å². The molecule has 0 aliphatic rings. The zero-order chi connectivity index (χ0) is 11.3. The smallest absolute Gasteiger partial charge is 0.325 e. The van der Waals surface area contributed by atoms with Crippen molar-refractivity contribution in [3.8, 4) is 0 Å². The van der Waals surface area contributed by atoms with Gasteiger partial charge in [0.25, 0.3) is 0 Å². The predicted molar refractivity (Wildman–Crippen MR) is 60.0 cm³/mol. The standard InChI is InChI=1S/C11H12ClNO2/c1-2-7-13-10(11(14)15)8-3-5-9(12)6-4-8/h2-6,10,13H,1,7H2,(H,14,15). The Bertz CT molecular complexity index is 348. The summed E-state index contributed by atoms with van der Waals surface area (Å²) in [6, 6.07) is 6.00. The van der Waals surface area contributed by atoms with Crippen molar-refractivity contribution in [3.63, 3.8) is 0 Å². The lowest BCUT2D eigenvalue weighted by Gasteiger charge is -2.13. The number of hydrogen-bond donors (Lipinski definition) is 2. The summed E-state index contributed by atoms with van der Waals surface area (Å²) in [6.07, 6.45) is 1.62. The van der Waals surface area contributed by atoms with E-state index >= 15 is 0 Å². The highest BCUT2D eigenvalue weighted by Gasteiger charge is 2.17. The van der Waals surface area contributed by atoms with Crippen LogP contribution in [0.5, 0.6) is 0 Å². The van der Waals surface area contributed by atoms with Crippen molar-refractivity contribution < 1.29 is 9.90 Å². The van der Waals surface area contributed by atoms with Crippen molar-refractivity contribution in [2.45, 2.75) is 6.04 Å². The van der Waals surface area contributed by atoms with Crippen molar-refractivity contribution in [1.82, 2.24) is 5.32 Å². The maximum absolute atomic E-state index is 11.0. The molecule has 3 nitrogen and oxygen atoms in total. The van der Waals surface area contributed by atoms with Crippen LogP contribution in [0.4, 0.5) is 0 Å². The molecule has 0 bridgehead atoms. The first-order chi connectivity index (χ1) is 7.15. The van der Waals surface area contributed by atoms with Crippen LogP contribution in [-0.2, 0) is 4.79 Å². The van der Waals surface area contributed by atoms with E-state index in [4.69, 9.17) is 16.7 Å². The second kappa shape index (κ2) is 5.53. The van der Waals surface area contributed by atoms with E-state index in [0.29, 0.717) is 17.1 Å². The van der Waals surface area contributed by atoms with E-state index in [1.807, 2.05) is 0 Å². The van der Waals surface area contributed by atoms with Crippen molar-refractivity contribution >= 4 is 17.6 Å². The van der Waals surface area contributed by atoms with Gasteiger partial charge in [0.05, 0.1) is 0 Å². The molecule has 0 saturated carbocycles. The van der Waals surface area contributed by atoms with Crippen LogP contribution >= 0.6 is 11.6 Å². The maximum Gasteiger partial charge on any atom is 0.325 e. The summed E-state index contributed by atoms with van der Waals surface area (Å²) in [6.45, 7) is 3.97. The van der Waals surface area contributed by atoms with Gasteiger partial charge in [-0.3, -0.25) is 10.1 Å². The Morgan fingerprint density at radius 1 is 1.53 bits per heavy atom. The predicted octanol–water partition coefficient (Wildman–Crippen LogP) is 2.24. The van der Waals surface area contributed by atoms with Gasteiger partial charge in [-0.1, -0.05) is 29.8 Å². The molecule has 0 aliphatic carbocycles. The molecular weight excluding hydrogens is 214 g/mol. The SMILES string of the molecule is C=CCNC(C(=O)O)c1ccc(Cl)cc1. The van der Waals surface area contributed by atoms with E-state index < -0.39 is 12.0 Å². The third kappa shape index (κ3) is 3.38. The quantitative estimate of drug-likeness (QED) is 0.756. The molecule has 0 aromatic heterocycles. The molecule has 4 heteroatoms. The van der Waals surface area contributed by atoms with E-state index in [9.17, 15) is 4.79 Å². The number of carboxylic acids is 1. The Morgan fingerprint density at radius 3 is 2.60 bits per heavy atom. The van der Waals surface area contributed by atoms with Gasteiger partial charge in [0.2, 0.25) is 0 Å². The van der Waals surface area contributed by atoms with E-state index in [2.05, 4.69) is 11.9 Å². The monoisotopic (exact) mass is 225 g/mol. The van der Waals surface area contributed by atoms with Crippen LogP contribution in [-0.4, -0.2) is 17.6 Å². The van der Waals surface area contributed by atoms with Gasteiger partial charge in [-0.05, 0) is 17.7 Å². The molecular formula is C11H12ClNO2. The second-order valence-corrected chi connectivity index (χ2v) is 3.46. The topological polar surface area (TPSA) is 49.3 Å². The number of rotatable bonds is 5. The average molecular weight is 226 g/mol. The fraction of sp³-hybridized carbons (Fsp3) is 0.182. The summed E-state index contributed by atoms with van der Waals surface area (Å²) in [5.74, 6) is -0.917. The van der Waals surface area contributed by atoms with Gasteiger partial charge in [0.1, 0.15) is 6.04 Å². The molecule has 0 amide bonds. The van der Waals surface area contributed by atoms with Crippen molar-refractivity contribution in [3.05, 3.63) is 47.5 Å². The highest BCUT2D eigenvalue weighted by Crippen LogP contribution is 2.16. The minimum Gasteiger partial charge on any atom is -0.480 e.